The van der Waals surface area contributed by atoms with Crippen molar-refractivity contribution in [1.82, 2.24) is 5.32 Å². The second-order valence-corrected chi connectivity index (χ2v) is 4.46. The zero-order chi connectivity index (χ0) is 14.3. The molecule has 1 aromatic carbocycles. The molecule has 1 aromatic rings. The molecule has 3 N–H and O–H groups in total. The lowest BCUT2D eigenvalue weighted by Crippen LogP contribution is -2.22. The van der Waals surface area contributed by atoms with E-state index >= 15 is 0 Å². The molecule has 0 aliphatic heterocycles. The highest BCUT2D eigenvalue weighted by molar-refractivity contribution is 5.73. The van der Waals surface area contributed by atoms with E-state index in [-0.39, 0.29) is 17.8 Å². The summed E-state index contributed by atoms with van der Waals surface area (Å²) in [5.74, 6) is -0.0301. The molecule has 0 radical (unpaired) electrons. The van der Waals surface area contributed by atoms with Crippen LogP contribution in [0.2, 0.25) is 0 Å². The first kappa shape index (κ1) is 15.4. The Morgan fingerprint density at radius 3 is 2.84 bits per heavy atom. The molecule has 4 nitrogen and oxygen atoms in total. The van der Waals surface area contributed by atoms with Crippen molar-refractivity contribution < 1.29 is 13.9 Å². The zero-order valence-corrected chi connectivity index (χ0v) is 11.4. The maximum atomic E-state index is 13.8. The average molecular weight is 268 g/mol. The van der Waals surface area contributed by atoms with Gasteiger partial charge in [-0.3, -0.25) is 4.79 Å². The van der Waals surface area contributed by atoms with Crippen LogP contribution in [0, 0.1) is 5.82 Å². The minimum absolute atomic E-state index is 0.148. The second-order valence-electron chi connectivity index (χ2n) is 4.46. The lowest BCUT2D eigenvalue weighted by molar-refractivity contribution is -0.118. The summed E-state index contributed by atoms with van der Waals surface area (Å²) < 4.78 is 19.0. The molecule has 5 heteroatoms. The van der Waals surface area contributed by atoms with Crippen LogP contribution in [0.1, 0.15) is 37.8 Å². The Kier molecular flexibility index (Phi) is 6.29. The summed E-state index contributed by atoms with van der Waals surface area (Å²) in [6.45, 7) is 2.58. The Hall–Kier alpha value is -1.62. The summed E-state index contributed by atoms with van der Waals surface area (Å²) in [6, 6.07) is 4.63. The molecule has 0 aliphatic carbocycles. The molecule has 0 saturated heterocycles. The van der Waals surface area contributed by atoms with E-state index < -0.39 is 0 Å². The number of halogens is 1. The normalized spacial score (nSPS) is 12.2. The summed E-state index contributed by atoms with van der Waals surface area (Å²) in [5, 5.41) is 3.22. The van der Waals surface area contributed by atoms with E-state index in [4.69, 9.17) is 10.5 Å². The van der Waals surface area contributed by atoms with E-state index in [1.807, 2.05) is 6.92 Å². The monoisotopic (exact) mass is 268 g/mol. The van der Waals surface area contributed by atoms with Crippen molar-refractivity contribution in [2.75, 3.05) is 13.7 Å². The lowest BCUT2D eigenvalue weighted by atomic mass is 10.1. The van der Waals surface area contributed by atoms with E-state index in [0.29, 0.717) is 24.3 Å². The van der Waals surface area contributed by atoms with Crippen LogP contribution in [-0.4, -0.2) is 19.6 Å². The SMILES string of the molecule is COc1cccc(F)c1C(C)NCCCCC(N)=O. The van der Waals surface area contributed by atoms with Gasteiger partial charge in [-0.05, 0) is 38.4 Å². The number of nitrogens with one attached hydrogen (secondary N) is 1. The predicted molar refractivity (Wildman–Crippen MR) is 72.4 cm³/mol. The minimum Gasteiger partial charge on any atom is -0.496 e. The molecule has 0 heterocycles. The van der Waals surface area contributed by atoms with Crippen LogP contribution in [0.25, 0.3) is 0 Å². The van der Waals surface area contributed by atoms with Crippen molar-refractivity contribution in [2.24, 2.45) is 5.73 Å². The smallest absolute Gasteiger partial charge is 0.217 e. The fourth-order valence-corrected chi connectivity index (χ4v) is 1.96. The first-order valence-corrected chi connectivity index (χ1v) is 6.40. The molecule has 106 valence electrons. The largest absolute Gasteiger partial charge is 0.496 e. The van der Waals surface area contributed by atoms with Crippen molar-refractivity contribution in [2.45, 2.75) is 32.2 Å². The third-order valence-corrected chi connectivity index (χ3v) is 2.97. The van der Waals surface area contributed by atoms with E-state index in [1.165, 1.54) is 13.2 Å². The van der Waals surface area contributed by atoms with Gasteiger partial charge >= 0.3 is 0 Å². The van der Waals surface area contributed by atoms with Gasteiger partial charge in [0.05, 0.1) is 7.11 Å². The van der Waals surface area contributed by atoms with Crippen LogP contribution in [0.4, 0.5) is 4.39 Å². The number of carbonyl (C=O) groups is 1. The maximum absolute atomic E-state index is 13.8. The Labute approximate surface area is 113 Å². The standard InChI is InChI=1S/C14H21FN2O2/c1-10(17-9-4-3-8-13(16)18)14-11(15)6-5-7-12(14)19-2/h5-7,10,17H,3-4,8-9H2,1-2H3,(H2,16,18). The summed E-state index contributed by atoms with van der Waals surface area (Å²) >= 11 is 0. The van der Waals surface area contributed by atoms with Gasteiger partial charge in [0.1, 0.15) is 11.6 Å². The third kappa shape index (κ3) is 4.87. The van der Waals surface area contributed by atoms with Crippen LogP contribution in [0.5, 0.6) is 5.75 Å². The Bertz CT molecular complexity index is 424. The van der Waals surface area contributed by atoms with Crippen molar-refractivity contribution >= 4 is 5.91 Å². The van der Waals surface area contributed by atoms with Crippen molar-refractivity contribution in [3.8, 4) is 5.75 Å². The Morgan fingerprint density at radius 1 is 1.47 bits per heavy atom. The molecule has 1 rings (SSSR count). The average Bonchev–Trinajstić information content (AvgIpc) is 2.37. The molecule has 1 atom stereocenters. The lowest BCUT2D eigenvalue weighted by Gasteiger charge is -2.17. The highest BCUT2D eigenvalue weighted by atomic mass is 19.1. The fourth-order valence-electron chi connectivity index (χ4n) is 1.96. The number of hydrogen-bond donors (Lipinski definition) is 2. The van der Waals surface area contributed by atoms with Crippen molar-refractivity contribution in [1.29, 1.82) is 0 Å². The molecule has 0 saturated carbocycles. The first-order chi connectivity index (χ1) is 9.06. The third-order valence-electron chi connectivity index (χ3n) is 2.97. The van der Waals surface area contributed by atoms with Gasteiger partial charge < -0.3 is 15.8 Å². The van der Waals surface area contributed by atoms with Gasteiger partial charge in [-0.2, -0.15) is 0 Å². The van der Waals surface area contributed by atoms with Gasteiger partial charge in [0.2, 0.25) is 5.91 Å². The van der Waals surface area contributed by atoms with Gasteiger partial charge in [-0.25, -0.2) is 4.39 Å². The number of rotatable bonds is 8. The molecule has 1 amide bonds. The number of nitrogens with two attached hydrogens (primary N) is 1. The van der Waals surface area contributed by atoms with Gasteiger partial charge in [-0.1, -0.05) is 6.07 Å². The summed E-state index contributed by atoms with van der Waals surface area (Å²) in [6.07, 6.45) is 1.95. The molecular weight excluding hydrogens is 247 g/mol. The van der Waals surface area contributed by atoms with Crippen molar-refractivity contribution in [3.05, 3.63) is 29.6 Å². The van der Waals surface area contributed by atoms with E-state index in [2.05, 4.69) is 5.32 Å². The summed E-state index contributed by atoms with van der Waals surface area (Å²) in [5.41, 5.74) is 5.59. The molecular formula is C14H21FN2O2. The number of ether oxygens (including phenoxy) is 1. The number of methoxy groups -OCH3 is 1. The second kappa shape index (κ2) is 7.74. The van der Waals surface area contributed by atoms with Crippen molar-refractivity contribution in [3.63, 3.8) is 0 Å². The number of hydrogen-bond acceptors (Lipinski definition) is 3. The number of benzene rings is 1. The summed E-state index contributed by atoms with van der Waals surface area (Å²) in [4.78, 5) is 10.6. The minimum atomic E-state index is -0.288. The summed E-state index contributed by atoms with van der Waals surface area (Å²) in [7, 11) is 1.53. The fraction of sp³-hybridized carbons (Fsp3) is 0.500. The quantitative estimate of drug-likeness (QED) is 0.710. The topological polar surface area (TPSA) is 64.3 Å². The molecule has 0 fully saturated rings. The van der Waals surface area contributed by atoms with E-state index in [0.717, 1.165) is 12.8 Å². The molecule has 1 unspecified atom stereocenters. The molecule has 19 heavy (non-hydrogen) atoms. The highest BCUT2D eigenvalue weighted by Crippen LogP contribution is 2.27. The van der Waals surface area contributed by atoms with Crippen LogP contribution in [0.3, 0.4) is 0 Å². The Balaban J connectivity index is 2.49. The van der Waals surface area contributed by atoms with Crippen LogP contribution < -0.4 is 15.8 Å². The van der Waals surface area contributed by atoms with Gasteiger partial charge in [0.15, 0.2) is 0 Å². The molecule has 0 aromatic heterocycles. The first-order valence-electron chi connectivity index (χ1n) is 6.40. The number of unbranched alkanes of at least 4 members (excludes halogenated alkanes) is 1. The van der Waals surface area contributed by atoms with E-state index in [9.17, 15) is 9.18 Å². The number of primary amides is 1. The van der Waals surface area contributed by atoms with Gasteiger partial charge in [-0.15, -0.1) is 0 Å². The van der Waals surface area contributed by atoms with Gasteiger partial charge in [0.25, 0.3) is 0 Å². The maximum Gasteiger partial charge on any atom is 0.217 e. The number of amides is 1. The molecule has 0 spiro atoms. The van der Waals surface area contributed by atoms with Crippen LogP contribution >= 0.6 is 0 Å². The van der Waals surface area contributed by atoms with Crippen LogP contribution in [-0.2, 0) is 4.79 Å². The zero-order valence-electron chi connectivity index (χ0n) is 11.4. The molecule has 0 bridgehead atoms. The molecule has 0 aliphatic rings. The highest BCUT2D eigenvalue weighted by Gasteiger charge is 2.15. The number of carbonyl (C=O) groups excluding carboxylic acids is 1. The van der Waals surface area contributed by atoms with E-state index in [1.54, 1.807) is 12.1 Å². The van der Waals surface area contributed by atoms with Gasteiger partial charge in [0, 0.05) is 18.0 Å². The Morgan fingerprint density at radius 2 is 2.21 bits per heavy atom. The predicted octanol–water partition coefficient (Wildman–Crippen LogP) is 2.14. The van der Waals surface area contributed by atoms with Crippen LogP contribution in [0.15, 0.2) is 18.2 Å².